The highest BCUT2D eigenvalue weighted by atomic mass is 15.3. The van der Waals surface area contributed by atoms with Gasteiger partial charge in [0.15, 0.2) is 5.65 Å². The molecule has 0 saturated heterocycles. The fraction of sp³-hybridized carbons (Fsp3) is 0.524. The number of rotatable bonds is 8. The first-order chi connectivity index (χ1) is 12.5. The largest absolute Gasteiger partial charge is 0.383 e. The molecule has 0 radical (unpaired) electrons. The standard InChI is InChI=1S/C21H31N5/c1-6-25(7-2)13-12-22-20-17-10-8-9-11-18(17)23-21-19(20)16(5)24-26(21)14-15(3)4/h8-11,15H,6-7,12-14H2,1-5H3,(H,22,23). The SMILES string of the molecule is CCN(CC)CCNc1c2ccccc2nc2c1c(C)nn2CC(C)C. The summed E-state index contributed by atoms with van der Waals surface area (Å²) < 4.78 is 2.07. The molecule has 140 valence electrons. The van der Waals surface area contributed by atoms with Crippen molar-refractivity contribution in [1.82, 2.24) is 19.7 Å². The van der Waals surface area contributed by atoms with Crippen molar-refractivity contribution >= 4 is 27.6 Å². The van der Waals surface area contributed by atoms with Crippen molar-refractivity contribution in [3.8, 4) is 0 Å². The first kappa shape index (κ1) is 18.6. The highest BCUT2D eigenvalue weighted by molar-refractivity contribution is 6.07. The van der Waals surface area contributed by atoms with Crippen molar-refractivity contribution < 1.29 is 0 Å². The smallest absolute Gasteiger partial charge is 0.160 e. The van der Waals surface area contributed by atoms with Gasteiger partial charge in [-0.2, -0.15) is 5.10 Å². The average Bonchev–Trinajstić information content (AvgIpc) is 2.93. The van der Waals surface area contributed by atoms with Gasteiger partial charge in [0, 0.05) is 25.0 Å². The van der Waals surface area contributed by atoms with E-state index in [1.807, 2.05) is 0 Å². The molecule has 2 heterocycles. The van der Waals surface area contributed by atoms with E-state index in [0.717, 1.165) is 55.0 Å². The second-order valence-electron chi connectivity index (χ2n) is 7.32. The molecular weight excluding hydrogens is 322 g/mol. The number of aromatic nitrogens is 3. The average molecular weight is 354 g/mol. The van der Waals surface area contributed by atoms with Crippen LogP contribution in [0.3, 0.4) is 0 Å². The van der Waals surface area contributed by atoms with Crippen LogP contribution in [0.4, 0.5) is 5.69 Å². The van der Waals surface area contributed by atoms with E-state index in [1.54, 1.807) is 0 Å². The van der Waals surface area contributed by atoms with Crippen molar-refractivity contribution in [2.75, 3.05) is 31.5 Å². The van der Waals surface area contributed by atoms with Gasteiger partial charge in [-0.3, -0.25) is 0 Å². The van der Waals surface area contributed by atoms with Gasteiger partial charge >= 0.3 is 0 Å². The van der Waals surface area contributed by atoms with Crippen LogP contribution in [-0.4, -0.2) is 45.8 Å². The molecule has 0 spiro atoms. The molecule has 1 aromatic carbocycles. The maximum Gasteiger partial charge on any atom is 0.160 e. The Bertz CT molecular complexity index is 877. The number of anilines is 1. The Morgan fingerprint density at radius 3 is 2.58 bits per heavy atom. The lowest BCUT2D eigenvalue weighted by Crippen LogP contribution is -2.28. The predicted octanol–water partition coefficient (Wildman–Crippen LogP) is 4.30. The molecule has 0 unspecified atom stereocenters. The molecule has 1 N–H and O–H groups in total. The normalized spacial score (nSPS) is 12.0. The molecule has 0 fully saturated rings. The van der Waals surface area contributed by atoms with Gasteiger partial charge in [-0.05, 0) is 32.0 Å². The summed E-state index contributed by atoms with van der Waals surface area (Å²) in [6, 6.07) is 8.38. The van der Waals surface area contributed by atoms with Gasteiger partial charge in [-0.25, -0.2) is 9.67 Å². The zero-order valence-electron chi connectivity index (χ0n) is 16.7. The number of aryl methyl sites for hydroxylation is 1. The highest BCUT2D eigenvalue weighted by Crippen LogP contribution is 2.33. The summed E-state index contributed by atoms with van der Waals surface area (Å²) in [5.74, 6) is 0.532. The summed E-state index contributed by atoms with van der Waals surface area (Å²) in [6.45, 7) is 15.9. The zero-order valence-corrected chi connectivity index (χ0v) is 16.7. The molecule has 0 bridgehead atoms. The van der Waals surface area contributed by atoms with E-state index >= 15 is 0 Å². The Labute approximate surface area is 156 Å². The molecule has 0 atom stereocenters. The van der Waals surface area contributed by atoms with Crippen LogP contribution in [0.15, 0.2) is 24.3 Å². The minimum Gasteiger partial charge on any atom is -0.383 e. The molecule has 2 aromatic heterocycles. The molecule has 5 nitrogen and oxygen atoms in total. The van der Waals surface area contributed by atoms with E-state index in [9.17, 15) is 0 Å². The van der Waals surface area contributed by atoms with E-state index in [1.165, 1.54) is 11.1 Å². The Balaban J connectivity index is 2.06. The fourth-order valence-electron chi connectivity index (χ4n) is 3.54. The molecule has 26 heavy (non-hydrogen) atoms. The Morgan fingerprint density at radius 2 is 1.88 bits per heavy atom. The zero-order chi connectivity index (χ0) is 18.7. The molecule has 0 amide bonds. The maximum absolute atomic E-state index is 4.94. The van der Waals surface area contributed by atoms with E-state index in [4.69, 9.17) is 10.1 Å². The monoisotopic (exact) mass is 353 g/mol. The lowest BCUT2D eigenvalue weighted by molar-refractivity contribution is 0.316. The fourth-order valence-corrected chi connectivity index (χ4v) is 3.54. The maximum atomic E-state index is 4.94. The number of para-hydroxylation sites is 1. The van der Waals surface area contributed by atoms with Crippen molar-refractivity contribution in [2.45, 2.75) is 41.2 Å². The minimum absolute atomic E-state index is 0.532. The lowest BCUT2D eigenvalue weighted by atomic mass is 10.1. The van der Waals surface area contributed by atoms with Gasteiger partial charge in [-0.1, -0.05) is 45.9 Å². The first-order valence-corrected chi connectivity index (χ1v) is 9.77. The Kier molecular flexibility index (Phi) is 5.77. The minimum atomic E-state index is 0.532. The van der Waals surface area contributed by atoms with Gasteiger partial charge in [-0.15, -0.1) is 0 Å². The lowest BCUT2D eigenvalue weighted by Gasteiger charge is -2.19. The van der Waals surface area contributed by atoms with Crippen LogP contribution < -0.4 is 5.32 Å². The molecule has 5 heteroatoms. The molecule has 0 saturated carbocycles. The summed E-state index contributed by atoms with van der Waals surface area (Å²) in [5, 5.41) is 10.8. The van der Waals surface area contributed by atoms with Gasteiger partial charge in [0.05, 0.1) is 22.3 Å². The van der Waals surface area contributed by atoms with Gasteiger partial charge in [0.25, 0.3) is 0 Å². The van der Waals surface area contributed by atoms with Crippen LogP contribution in [0, 0.1) is 12.8 Å². The number of nitrogens with zero attached hydrogens (tertiary/aromatic N) is 4. The number of fused-ring (bicyclic) bond motifs is 2. The van der Waals surface area contributed by atoms with Gasteiger partial charge < -0.3 is 10.2 Å². The van der Waals surface area contributed by atoms with Crippen LogP contribution >= 0.6 is 0 Å². The number of hydrogen-bond donors (Lipinski definition) is 1. The number of likely N-dealkylation sites (N-methyl/N-ethyl adjacent to an activating group) is 1. The molecule has 0 aliphatic rings. The van der Waals surface area contributed by atoms with E-state index in [-0.39, 0.29) is 0 Å². The Morgan fingerprint density at radius 1 is 1.15 bits per heavy atom. The third-order valence-electron chi connectivity index (χ3n) is 4.91. The quantitative estimate of drug-likeness (QED) is 0.656. The third-order valence-corrected chi connectivity index (χ3v) is 4.91. The number of pyridine rings is 1. The predicted molar refractivity (Wildman–Crippen MR) is 111 cm³/mol. The van der Waals surface area contributed by atoms with Crippen molar-refractivity contribution in [3.05, 3.63) is 30.0 Å². The summed E-state index contributed by atoms with van der Waals surface area (Å²) in [4.78, 5) is 7.37. The Hall–Kier alpha value is -2.14. The van der Waals surface area contributed by atoms with Crippen LogP contribution in [0.2, 0.25) is 0 Å². The van der Waals surface area contributed by atoms with Gasteiger partial charge in [0.2, 0.25) is 0 Å². The van der Waals surface area contributed by atoms with Crippen LogP contribution in [-0.2, 0) is 6.54 Å². The summed E-state index contributed by atoms with van der Waals surface area (Å²) in [6.07, 6.45) is 0. The summed E-state index contributed by atoms with van der Waals surface area (Å²) in [5.41, 5.74) is 4.23. The van der Waals surface area contributed by atoms with Crippen LogP contribution in [0.25, 0.3) is 21.9 Å². The van der Waals surface area contributed by atoms with Crippen molar-refractivity contribution in [3.63, 3.8) is 0 Å². The summed E-state index contributed by atoms with van der Waals surface area (Å²) in [7, 11) is 0. The van der Waals surface area contributed by atoms with Crippen molar-refractivity contribution in [1.29, 1.82) is 0 Å². The van der Waals surface area contributed by atoms with Crippen LogP contribution in [0.1, 0.15) is 33.4 Å². The molecule has 3 aromatic rings. The number of nitrogens with one attached hydrogen (secondary N) is 1. The first-order valence-electron chi connectivity index (χ1n) is 9.77. The van der Waals surface area contributed by atoms with Crippen molar-refractivity contribution in [2.24, 2.45) is 5.92 Å². The second kappa shape index (κ2) is 8.04. The number of benzene rings is 1. The second-order valence-corrected chi connectivity index (χ2v) is 7.32. The molecule has 0 aliphatic heterocycles. The van der Waals surface area contributed by atoms with Gasteiger partial charge in [0.1, 0.15) is 0 Å². The summed E-state index contributed by atoms with van der Waals surface area (Å²) >= 11 is 0. The van der Waals surface area contributed by atoms with E-state index in [2.05, 4.69) is 73.8 Å². The molecule has 0 aliphatic carbocycles. The topological polar surface area (TPSA) is 46.0 Å². The third kappa shape index (κ3) is 3.68. The molecule has 3 rings (SSSR count). The number of hydrogen-bond acceptors (Lipinski definition) is 4. The molecular formula is C21H31N5. The van der Waals surface area contributed by atoms with Crippen LogP contribution in [0.5, 0.6) is 0 Å². The van der Waals surface area contributed by atoms with E-state index in [0.29, 0.717) is 5.92 Å². The highest BCUT2D eigenvalue weighted by Gasteiger charge is 2.17. The van der Waals surface area contributed by atoms with E-state index < -0.39 is 0 Å².